The summed E-state index contributed by atoms with van der Waals surface area (Å²) in [6.45, 7) is 1.68. The van der Waals surface area contributed by atoms with Crippen molar-refractivity contribution in [2.24, 2.45) is 0 Å². The summed E-state index contributed by atoms with van der Waals surface area (Å²) < 4.78 is 32.6. The van der Waals surface area contributed by atoms with Crippen molar-refractivity contribution >= 4 is 24.0 Å². The van der Waals surface area contributed by atoms with Crippen molar-refractivity contribution in [2.75, 3.05) is 19.0 Å². The van der Waals surface area contributed by atoms with E-state index in [1.165, 1.54) is 6.07 Å². The second-order valence-corrected chi connectivity index (χ2v) is 6.70. The summed E-state index contributed by atoms with van der Waals surface area (Å²) in [5.41, 5.74) is 3.18. The Bertz CT molecular complexity index is 1000. The van der Waals surface area contributed by atoms with E-state index >= 15 is 0 Å². The molecule has 3 aromatic rings. The average molecular weight is 419 g/mol. The number of benzene rings is 2. The van der Waals surface area contributed by atoms with Crippen LogP contribution in [0.4, 0.5) is 20.4 Å². The summed E-state index contributed by atoms with van der Waals surface area (Å²) in [6.07, 6.45) is 2.51. The van der Waals surface area contributed by atoms with Gasteiger partial charge >= 0.3 is 0 Å². The Morgan fingerprint density at radius 2 is 2.00 bits per heavy atom. The number of nitrogens with one attached hydrogen (secondary N) is 1. The minimum Gasteiger partial charge on any atom is -0.497 e. The van der Waals surface area contributed by atoms with Crippen molar-refractivity contribution in [3.63, 3.8) is 0 Å². The van der Waals surface area contributed by atoms with E-state index in [2.05, 4.69) is 20.2 Å². The molecule has 29 heavy (non-hydrogen) atoms. The van der Waals surface area contributed by atoms with Crippen LogP contribution in [0.1, 0.15) is 16.8 Å². The second kappa shape index (κ2) is 9.15. The van der Waals surface area contributed by atoms with E-state index in [4.69, 9.17) is 4.74 Å². The topological polar surface area (TPSA) is 50.3 Å². The molecule has 0 saturated heterocycles. The van der Waals surface area contributed by atoms with E-state index in [1.807, 2.05) is 24.3 Å². The zero-order valence-electron chi connectivity index (χ0n) is 15.9. The van der Waals surface area contributed by atoms with Crippen molar-refractivity contribution < 1.29 is 13.5 Å². The Morgan fingerprint density at radius 1 is 1.17 bits per heavy atom. The van der Waals surface area contributed by atoms with Gasteiger partial charge in [0.25, 0.3) is 0 Å². The molecule has 0 spiro atoms. The molecular weight excluding hydrogens is 398 g/mol. The molecule has 5 nitrogen and oxygen atoms in total. The molecule has 2 heterocycles. The zero-order valence-corrected chi connectivity index (χ0v) is 16.7. The first-order chi connectivity index (χ1) is 13.6. The molecule has 0 aliphatic carbocycles. The van der Waals surface area contributed by atoms with Gasteiger partial charge in [-0.1, -0.05) is 18.2 Å². The smallest absolute Gasteiger partial charge is 0.227 e. The van der Waals surface area contributed by atoms with Crippen LogP contribution in [0.2, 0.25) is 0 Å². The summed E-state index contributed by atoms with van der Waals surface area (Å²) in [5.74, 6) is -0.311. The summed E-state index contributed by atoms with van der Waals surface area (Å²) in [4.78, 5) is 11.1. The highest BCUT2D eigenvalue weighted by atomic mass is 35.5. The second-order valence-electron chi connectivity index (χ2n) is 6.70. The molecule has 0 atom stereocenters. The van der Waals surface area contributed by atoms with Crippen molar-refractivity contribution in [1.82, 2.24) is 14.9 Å². The highest BCUT2D eigenvalue weighted by molar-refractivity contribution is 5.85. The maximum atomic E-state index is 13.9. The normalized spacial score (nSPS) is 13.3. The molecule has 0 unspecified atom stereocenters. The minimum absolute atomic E-state index is 0. The Hall–Kier alpha value is -2.77. The van der Waals surface area contributed by atoms with E-state index in [-0.39, 0.29) is 12.4 Å². The van der Waals surface area contributed by atoms with Crippen LogP contribution >= 0.6 is 12.4 Å². The molecule has 1 aliphatic heterocycles. The molecule has 0 bridgehead atoms. The lowest BCUT2D eigenvalue weighted by molar-refractivity contribution is 0.238. The number of methoxy groups -OCH3 is 1. The summed E-state index contributed by atoms with van der Waals surface area (Å²) in [6, 6.07) is 11.8. The third-order valence-corrected chi connectivity index (χ3v) is 4.76. The Labute approximate surface area is 174 Å². The van der Waals surface area contributed by atoms with Crippen LogP contribution in [0.3, 0.4) is 0 Å². The van der Waals surface area contributed by atoms with E-state index in [1.54, 1.807) is 19.4 Å². The highest BCUT2D eigenvalue weighted by Crippen LogP contribution is 2.23. The van der Waals surface area contributed by atoms with Crippen molar-refractivity contribution in [3.05, 3.63) is 77.1 Å². The third-order valence-electron chi connectivity index (χ3n) is 4.76. The molecule has 0 fully saturated rings. The molecule has 1 aromatic heterocycles. The summed E-state index contributed by atoms with van der Waals surface area (Å²) >= 11 is 0. The average Bonchev–Trinajstić information content (AvgIpc) is 2.71. The highest BCUT2D eigenvalue weighted by Gasteiger charge is 2.20. The molecular formula is C21H21ClF2N4O. The van der Waals surface area contributed by atoms with Crippen molar-refractivity contribution in [1.29, 1.82) is 0 Å². The van der Waals surface area contributed by atoms with E-state index < -0.39 is 11.6 Å². The lowest BCUT2D eigenvalue weighted by Gasteiger charge is -2.28. The van der Waals surface area contributed by atoms with Crippen molar-refractivity contribution in [2.45, 2.75) is 19.5 Å². The number of ether oxygens (including phenoxy) is 1. The van der Waals surface area contributed by atoms with Gasteiger partial charge in [-0.3, -0.25) is 4.90 Å². The van der Waals surface area contributed by atoms with Crippen LogP contribution in [0.5, 0.6) is 5.75 Å². The molecule has 0 radical (unpaired) electrons. The Kier molecular flexibility index (Phi) is 6.61. The van der Waals surface area contributed by atoms with Gasteiger partial charge in [0.05, 0.1) is 12.8 Å². The Balaban J connectivity index is 0.00000240. The SMILES string of the molecule is COc1cccc(Nc2ncc3c(n2)CCN(Cc2cccc(F)c2F)C3)c1.Cl. The van der Waals surface area contributed by atoms with Gasteiger partial charge in [0.1, 0.15) is 5.75 Å². The lowest BCUT2D eigenvalue weighted by atomic mass is 10.1. The van der Waals surface area contributed by atoms with Crippen LogP contribution < -0.4 is 10.1 Å². The lowest BCUT2D eigenvalue weighted by Crippen LogP contribution is -2.31. The number of hydrogen-bond acceptors (Lipinski definition) is 5. The number of anilines is 2. The quantitative estimate of drug-likeness (QED) is 0.661. The number of hydrogen-bond donors (Lipinski definition) is 1. The molecule has 1 N–H and O–H groups in total. The first-order valence-electron chi connectivity index (χ1n) is 9.03. The number of halogens is 3. The predicted molar refractivity (Wildman–Crippen MR) is 110 cm³/mol. The summed E-state index contributed by atoms with van der Waals surface area (Å²) in [7, 11) is 1.62. The first-order valence-corrected chi connectivity index (χ1v) is 9.03. The van der Waals surface area contributed by atoms with Gasteiger partial charge in [0.2, 0.25) is 5.95 Å². The fourth-order valence-corrected chi connectivity index (χ4v) is 3.31. The van der Waals surface area contributed by atoms with Gasteiger partial charge in [-0.2, -0.15) is 0 Å². The minimum atomic E-state index is -0.813. The van der Waals surface area contributed by atoms with E-state index in [0.717, 1.165) is 41.7 Å². The van der Waals surface area contributed by atoms with E-state index in [9.17, 15) is 8.78 Å². The maximum Gasteiger partial charge on any atom is 0.227 e. The molecule has 1 aliphatic rings. The van der Waals surface area contributed by atoms with Crippen LogP contribution in [-0.4, -0.2) is 28.5 Å². The number of aromatic nitrogens is 2. The predicted octanol–water partition coefficient (Wildman–Crippen LogP) is 4.49. The zero-order chi connectivity index (χ0) is 19.5. The van der Waals surface area contributed by atoms with Gasteiger partial charge in [0.15, 0.2) is 11.6 Å². The molecule has 0 amide bonds. The van der Waals surface area contributed by atoms with E-state index in [0.29, 0.717) is 24.6 Å². The van der Waals surface area contributed by atoms with Crippen LogP contribution in [0.25, 0.3) is 0 Å². The molecule has 152 valence electrons. The number of rotatable bonds is 5. The fourth-order valence-electron chi connectivity index (χ4n) is 3.31. The standard InChI is InChI=1S/C21H20F2N4O.ClH/c1-28-17-6-3-5-16(10-17)25-21-24-11-15-13-27(9-8-19(15)26-21)12-14-4-2-7-18(22)20(14)23;/h2-7,10-11H,8-9,12-13H2,1H3,(H,24,25,26);1H. The molecule has 4 rings (SSSR count). The van der Waals surface area contributed by atoms with Crippen LogP contribution in [-0.2, 0) is 19.5 Å². The monoisotopic (exact) mass is 418 g/mol. The van der Waals surface area contributed by atoms with Crippen molar-refractivity contribution in [3.8, 4) is 5.75 Å². The first kappa shape index (κ1) is 21.0. The Morgan fingerprint density at radius 3 is 2.83 bits per heavy atom. The van der Waals surface area contributed by atoms with Gasteiger partial charge in [-0.15, -0.1) is 12.4 Å². The largest absolute Gasteiger partial charge is 0.497 e. The van der Waals surface area contributed by atoms with Crippen LogP contribution in [0, 0.1) is 11.6 Å². The number of fused-ring (bicyclic) bond motifs is 1. The molecule has 2 aromatic carbocycles. The van der Waals surface area contributed by atoms with Crippen LogP contribution in [0.15, 0.2) is 48.7 Å². The molecule has 8 heteroatoms. The van der Waals surface area contributed by atoms with Gasteiger partial charge in [-0.25, -0.2) is 18.7 Å². The fraction of sp³-hybridized carbons (Fsp3) is 0.238. The van der Waals surface area contributed by atoms with Gasteiger partial charge in [0, 0.05) is 55.1 Å². The van der Waals surface area contributed by atoms with Gasteiger partial charge < -0.3 is 10.1 Å². The number of nitrogens with zero attached hydrogens (tertiary/aromatic N) is 3. The third kappa shape index (κ3) is 4.81. The molecule has 0 saturated carbocycles. The summed E-state index contributed by atoms with van der Waals surface area (Å²) in [5, 5.41) is 3.19. The maximum absolute atomic E-state index is 13.9. The van der Waals surface area contributed by atoms with Gasteiger partial charge in [-0.05, 0) is 18.2 Å².